The third-order valence-corrected chi connectivity index (χ3v) is 5.16. The van der Waals surface area contributed by atoms with Crippen molar-refractivity contribution in [1.29, 1.82) is 0 Å². The highest BCUT2D eigenvalue weighted by molar-refractivity contribution is 7.99. The largest absolute Gasteiger partial charge is 0.384 e. The van der Waals surface area contributed by atoms with E-state index in [1.165, 1.54) is 24.3 Å². The second-order valence-electron chi connectivity index (χ2n) is 5.99. The summed E-state index contributed by atoms with van der Waals surface area (Å²) in [5, 5.41) is 13.2. The van der Waals surface area contributed by atoms with Gasteiger partial charge in [0.1, 0.15) is 11.4 Å². The van der Waals surface area contributed by atoms with Crippen LogP contribution in [0.25, 0.3) is 0 Å². The van der Waals surface area contributed by atoms with Gasteiger partial charge in [0.2, 0.25) is 5.91 Å². The summed E-state index contributed by atoms with van der Waals surface area (Å²) < 4.78 is 12.9. The van der Waals surface area contributed by atoms with Crippen LogP contribution in [0.15, 0.2) is 24.3 Å². The van der Waals surface area contributed by atoms with Crippen molar-refractivity contribution in [2.24, 2.45) is 0 Å². The first-order valence-electron chi connectivity index (χ1n) is 7.41. The van der Waals surface area contributed by atoms with Crippen LogP contribution < -0.4 is 5.32 Å². The Kier molecular flexibility index (Phi) is 5.83. The van der Waals surface area contributed by atoms with Crippen LogP contribution in [-0.4, -0.2) is 53.6 Å². The molecule has 1 fully saturated rings. The lowest BCUT2D eigenvalue weighted by Gasteiger charge is -2.26. The molecule has 122 valence electrons. The molecule has 0 bridgehead atoms. The highest BCUT2D eigenvalue weighted by Gasteiger charge is 2.25. The molecule has 0 aromatic heterocycles. The molecule has 0 radical (unpaired) electrons. The molecule has 1 aliphatic rings. The Labute approximate surface area is 135 Å². The summed E-state index contributed by atoms with van der Waals surface area (Å²) in [6, 6.07) is 6.12. The van der Waals surface area contributed by atoms with Gasteiger partial charge >= 0.3 is 0 Å². The average molecular weight is 326 g/mol. The number of nitrogens with zero attached hydrogens (tertiary/aromatic N) is 1. The van der Waals surface area contributed by atoms with E-state index in [4.69, 9.17) is 0 Å². The van der Waals surface area contributed by atoms with E-state index in [0.717, 1.165) is 17.9 Å². The highest BCUT2D eigenvalue weighted by Crippen LogP contribution is 2.21. The Balaban J connectivity index is 1.82. The molecule has 1 amide bonds. The van der Waals surface area contributed by atoms with Crippen LogP contribution in [0.5, 0.6) is 0 Å². The number of likely N-dealkylation sites (N-methyl/N-ethyl adjacent to an activating group) is 1. The van der Waals surface area contributed by atoms with Crippen LogP contribution in [0.2, 0.25) is 0 Å². The number of benzene rings is 1. The predicted molar refractivity (Wildman–Crippen MR) is 87.3 cm³/mol. The van der Waals surface area contributed by atoms with E-state index in [9.17, 15) is 14.3 Å². The maximum atomic E-state index is 12.9. The van der Waals surface area contributed by atoms with Crippen LogP contribution in [0.3, 0.4) is 0 Å². The average Bonchev–Trinajstić information content (AvgIpc) is 3.00. The van der Waals surface area contributed by atoms with Gasteiger partial charge in [-0.25, -0.2) is 4.39 Å². The van der Waals surface area contributed by atoms with Crippen molar-refractivity contribution in [3.8, 4) is 0 Å². The number of aliphatic hydroxyl groups is 1. The molecular weight excluding hydrogens is 303 g/mol. The molecule has 1 saturated heterocycles. The van der Waals surface area contributed by atoms with Crippen molar-refractivity contribution < 1.29 is 14.3 Å². The van der Waals surface area contributed by atoms with Gasteiger partial charge in [-0.15, -0.1) is 0 Å². The van der Waals surface area contributed by atoms with Gasteiger partial charge in [-0.05, 0) is 43.8 Å². The zero-order valence-electron chi connectivity index (χ0n) is 13.0. The number of hydrogen-bond acceptors (Lipinski definition) is 4. The Hall–Kier alpha value is -1.11. The van der Waals surface area contributed by atoms with Gasteiger partial charge in [0.15, 0.2) is 0 Å². The van der Waals surface area contributed by atoms with E-state index in [0.29, 0.717) is 18.2 Å². The molecule has 4 nitrogen and oxygen atoms in total. The standard InChI is InChI=1S/C16H23FN2O2S/c1-16(21,12-3-5-13(17)6-4-12)11-18-15(20)9-19(2)14-7-8-22-10-14/h3-6,14,21H,7-11H2,1-2H3,(H,18,20). The van der Waals surface area contributed by atoms with Gasteiger partial charge < -0.3 is 10.4 Å². The minimum atomic E-state index is -1.22. The Bertz CT molecular complexity index is 501. The van der Waals surface area contributed by atoms with E-state index < -0.39 is 5.60 Å². The maximum Gasteiger partial charge on any atom is 0.234 e. The van der Waals surface area contributed by atoms with Gasteiger partial charge in [0.25, 0.3) is 0 Å². The van der Waals surface area contributed by atoms with Crippen LogP contribution in [0, 0.1) is 5.82 Å². The van der Waals surface area contributed by atoms with Crippen LogP contribution in [0.1, 0.15) is 18.9 Å². The number of carbonyl (C=O) groups excluding carboxylic acids is 1. The Morgan fingerprint density at radius 3 is 2.77 bits per heavy atom. The van der Waals surface area contributed by atoms with Crippen molar-refractivity contribution in [1.82, 2.24) is 10.2 Å². The topological polar surface area (TPSA) is 52.6 Å². The lowest BCUT2D eigenvalue weighted by molar-refractivity contribution is -0.123. The van der Waals surface area contributed by atoms with Gasteiger partial charge in [-0.3, -0.25) is 9.69 Å². The van der Waals surface area contributed by atoms with Crippen molar-refractivity contribution >= 4 is 17.7 Å². The van der Waals surface area contributed by atoms with E-state index >= 15 is 0 Å². The summed E-state index contributed by atoms with van der Waals surface area (Å²) in [4.78, 5) is 14.1. The quantitative estimate of drug-likeness (QED) is 0.833. The van der Waals surface area contributed by atoms with Gasteiger partial charge in [-0.2, -0.15) is 11.8 Å². The molecule has 1 aromatic rings. The smallest absolute Gasteiger partial charge is 0.234 e. The first kappa shape index (κ1) is 17.2. The van der Waals surface area contributed by atoms with Gasteiger partial charge in [0.05, 0.1) is 13.1 Å². The van der Waals surface area contributed by atoms with Gasteiger partial charge in [-0.1, -0.05) is 12.1 Å². The zero-order valence-corrected chi connectivity index (χ0v) is 13.8. The molecular formula is C16H23FN2O2S. The third-order valence-electron chi connectivity index (χ3n) is 4.02. The van der Waals surface area contributed by atoms with Crippen LogP contribution in [-0.2, 0) is 10.4 Å². The van der Waals surface area contributed by atoms with Crippen molar-refractivity contribution in [2.45, 2.75) is 25.0 Å². The monoisotopic (exact) mass is 326 g/mol. The Morgan fingerprint density at radius 2 is 2.18 bits per heavy atom. The molecule has 2 N–H and O–H groups in total. The highest BCUT2D eigenvalue weighted by atomic mass is 32.2. The van der Waals surface area contributed by atoms with E-state index in [1.54, 1.807) is 6.92 Å². The fourth-order valence-electron chi connectivity index (χ4n) is 2.46. The summed E-state index contributed by atoms with van der Waals surface area (Å²) in [6.45, 7) is 2.04. The van der Waals surface area contributed by atoms with Crippen molar-refractivity contribution in [3.05, 3.63) is 35.6 Å². The second kappa shape index (κ2) is 7.44. The van der Waals surface area contributed by atoms with Crippen LogP contribution >= 0.6 is 11.8 Å². The summed E-state index contributed by atoms with van der Waals surface area (Å²) in [5.41, 5.74) is -0.639. The van der Waals surface area contributed by atoms with Crippen molar-refractivity contribution in [3.63, 3.8) is 0 Å². The van der Waals surface area contributed by atoms with Crippen molar-refractivity contribution in [2.75, 3.05) is 31.6 Å². The molecule has 1 aliphatic heterocycles. The van der Waals surface area contributed by atoms with Crippen LogP contribution in [0.4, 0.5) is 4.39 Å². The normalized spacial score (nSPS) is 20.9. The predicted octanol–water partition coefficient (Wildman–Crippen LogP) is 1.59. The number of carbonyl (C=O) groups is 1. The van der Waals surface area contributed by atoms with E-state index in [1.807, 2.05) is 18.8 Å². The molecule has 6 heteroatoms. The summed E-state index contributed by atoms with van der Waals surface area (Å²) in [5.74, 6) is 1.76. The fraction of sp³-hybridized carbons (Fsp3) is 0.562. The van der Waals surface area contributed by atoms with E-state index in [-0.39, 0.29) is 18.3 Å². The Morgan fingerprint density at radius 1 is 1.50 bits per heavy atom. The lowest BCUT2D eigenvalue weighted by atomic mass is 9.96. The molecule has 0 spiro atoms. The molecule has 22 heavy (non-hydrogen) atoms. The second-order valence-corrected chi connectivity index (χ2v) is 7.14. The minimum Gasteiger partial charge on any atom is -0.384 e. The lowest BCUT2D eigenvalue weighted by Crippen LogP contribution is -2.44. The molecule has 1 heterocycles. The maximum absolute atomic E-state index is 12.9. The summed E-state index contributed by atoms with van der Waals surface area (Å²) in [6.07, 6.45) is 1.11. The summed E-state index contributed by atoms with van der Waals surface area (Å²) in [7, 11) is 1.95. The molecule has 0 aliphatic carbocycles. The first-order valence-corrected chi connectivity index (χ1v) is 8.57. The molecule has 2 rings (SSSR count). The SMILES string of the molecule is CN(CC(=O)NCC(C)(O)c1ccc(F)cc1)C1CCSC1. The number of amides is 1. The number of nitrogens with one attached hydrogen (secondary N) is 1. The minimum absolute atomic E-state index is 0.102. The zero-order chi connectivity index (χ0) is 16.2. The number of thioether (sulfide) groups is 1. The van der Waals surface area contributed by atoms with E-state index in [2.05, 4.69) is 10.2 Å². The first-order chi connectivity index (χ1) is 10.4. The third kappa shape index (κ3) is 4.69. The number of halogens is 1. The number of hydrogen-bond donors (Lipinski definition) is 2. The number of rotatable bonds is 6. The molecule has 2 unspecified atom stereocenters. The van der Waals surface area contributed by atoms with Gasteiger partial charge in [0, 0.05) is 11.8 Å². The fourth-order valence-corrected chi connectivity index (χ4v) is 3.76. The molecule has 2 atom stereocenters. The molecule has 1 aromatic carbocycles. The molecule has 0 saturated carbocycles. The summed E-state index contributed by atoms with van der Waals surface area (Å²) >= 11 is 1.91.